The van der Waals surface area contributed by atoms with E-state index in [1.807, 2.05) is 43.3 Å². The number of para-hydroxylation sites is 1. The molecule has 5 aromatic rings. The molecule has 67 heavy (non-hydrogen) atoms. The number of halogens is 2. The van der Waals surface area contributed by atoms with Gasteiger partial charge in [-0.2, -0.15) is 0 Å². The zero-order valence-corrected chi connectivity index (χ0v) is 38.9. The van der Waals surface area contributed by atoms with Crippen molar-refractivity contribution < 1.29 is 38.1 Å². The van der Waals surface area contributed by atoms with Crippen LogP contribution in [-0.2, 0) is 33.9 Å². The van der Waals surface area contributed by atoms with E-state index in [0.29, 0.717) is 66.7 Å². The number of likely N-dealkylation sites (tertiary alicyclic amines) is 1. The van der Waals surface area contributed by atoms with Crippen molar-refractivity contribution in [2.24, 2.45) is 5.41 Å². The molecule has 0 bridgehead atoms. The molecule has 3 aliphatic rings. The van der Waals surface area contributed by atoms with E-state index >= 15 is 4.39 Å². The summed E-state index contributed by atoms with van der Waals surface area (Å²) in [7, 11) is 0. The minimum Gasteiger partial charge on any atom is -0.507 e. The number of nitrogens with two attached hydrogens (primary N) is 1. The molecule has 0 unspecified atom stereocenters. The first-order valence-electron chi connectivity index (χ1n) is 22.6. The number of nitrogens with zero attached hydrogens (tertiary/aromatic N) is 6. The van der Waals surface area contributed by atoms with E-state index in [1.54, 1.807) is 56.6 Å². The zero-order chi connectivity index (χ0) is 47.6. The number of ether oxygens (including phenoxy) is 1. The van der Waals surface area contributed by atoms with E-state index in [1.165, 1.54) is 16.2 Å². The van der Waals surface area contributed by atoms with Crippen LogP contribution in [0.3, 0.4) is 0 Å². The lowest BCUT2D eigenvalue weighted by Gasteiger charge is -2.36. The van der Waals surface area contributed by atoms with Crippen LogP contribution in [0.2, 0.25) is 0 Å². The van der Waals surface area contributed by atoms with E-state index in [0.717, 1.165) is 27.4 Å². The van der Waals surface area contributed by atoms with Crippen molar-refractivity contribution >= 4 is 40.6 Å². The van der Waals surface area contributed by atoms with Crippen LogP contribution in [0.15, 0.2) is 72.2 Å². The second-order valence-electron chi connectivity index (χ2n) is 18.7. The van der Waals surface area contributed by atoms with E-state index < -0.39 is 47.0 Å². The largest absolute Gasteiger partial charge is 0.507 e. The third-order valence-corrected chi connectivity index (χ3v) is 13.7. The van der Waals surface area contributed by atoms with Crippen molar-refractivity contribution in [3.05, 3.63) is 100 Å². The number of thiazole rings is 1. The standard InChI is InChI=1S/C49H57F2N9O6S/c1-29-42(67-28-54-29)32-11-12-33(25-53-45(63)39-23-34(61)27-60(39)46(64)43(48(2,3)4)55-47(65)49(51)14-15-49)41(22-32)66-20-13-31-10-9-30(21-36(31)50)26-58-16-18-59(19-17-58)38-24-37(56-57-44(38)52)35-7-5-6-8-40(35)62/h5-12,21-22,24,28,34,39,43,61-62H,13-20,23,25-27H2,1-4H3,(H2,52,57)(H,53,63)(H,55,65)/t34-,39+,43-/m1/s1. The van der Waals surface area contributed by atoms with Crippen LogP contribution < -0.4 is 26.0 Å². The lowest BCUT2D eigenvalue weighted by atomic mass is 9.85. The van der Waals surface area contributed by atoms with Gasteiger partial charge in [0.05, 0.1) is 40.2 Å². The number of nitrogens with one attached hydrogen (secondary N) is 2. The second-order valence-corrected chi connectivity index (χ2v) is 19.6. The predicted octanol–water partition coefficient (Wildman–Crippen LogP) is 5.56. The number of benzene rings is 3. The van der Waals surface area contributed by atoms with Crippen LogP contribution in [0.1, 0.15) is 62.4 Å². The van der Waals surface area contributed by atoms with Gasteiger partial charge in [-0.05, 0) is 72.2 Å². The molecule has 354 valence electrons. The van der Waals surface area contributed by atoms with E-state index in [-0.39, 0.29) is 56.9 Å². The molecule has 4 heterocycles. The van der Waals surface area contributed by atoms with Gasteiger partial charge in [0.1, 0.15) is 29.4 Å². The summed E-state index contributed by atoms with van der Waals surface area (Å²) in [4.78, 5) is 51.5. The first kappa shape index (κ1) is 47.3. The summed E-state index contributed by atoms with van der Waals surface area (Å²) in [6, 6.07) is 17.6. The van der Waals surface area contributed by atoms with Gasteiger partial charge in [0.25, 0.3) is 5.91 Å². The highest BCUT2D eigenvalue weighted by Gasteiger charge is 2.53. The van der Waals surface area contributed by atoms with Crippen molar-refractivity contribution in [2.45, 2.75) is 90.3 Å². The summed E-state index contributed by atoms with van der Waals surface area (Å²) in [5.41, 5.74) is 10.7. The van der Waals surface area contributed by atoms with Crippen molar-refractivity contribution in [3.8, 4) is 33.2 Å². The lowest BCUT2D eigenvalue weighted by molar-refractivity contribution is -0.145. The van der Waals surface area contributed by atoms with Crippen LogP contribution in [0.4, 0.5) is 20.3 Å². The third-order valence-electron chi connectivity index (χ3n) is 12.7. The molecule has 18 heteroatoms. The molecule has 3 amide bonds. The minimum absolute atomic E-state index is 0.00715. The minimum atomic E-state index is -1.99. The Kier molecular flexibility index (Phi) is 13.8. The molecule has 2 aliphatic heterocycles. The Morgan fingerprint density at radius 2 is 1.76 bits per heavy atom. The average Bonchev–Trinajstić information content (AvgIpc) is 3.71. The number of piperazine rings is 1. The maximum atomic E-state index is 15.7. The van der Waals surface area contributed by atoms with Gasteiger partial charge in [0.15, 0.2) is 11.5 Å². The molecule has 1 aliphatic carbocycles. The number of carbonyl (C=O) groups is 3. The SMILES string of the molecule is Cc1ncsc1-c1ccc(CNC(=O)[C@@H]2C[C@@H](O)CN2C(=O)[C@@H](NC(=O)C2(F)CC2)C(C)(C)C)c(OCCc2ccc(CN3CCN(c4cc(-c5ccccc5O)nnc4N)CC3)cc2F)c1. The molecule has 3 aromatic carbocycles. The fraction of sp³-hybridized carbons (Fsp3) is 0.429. The predicted molar refractivity (Wildman–Crippen MR) is 251 cm³/mol. The number of amides is 3. The number of nitrogen functional groups attached to an aromatic ring is 1. The molecule has 3 fully saturated rings. The van der Waals surface area contributed by atoms with Gasteiger partial charge >= 0.3 is 0 Å². The lowest BCUT2D eigenvalue weighted by Crippen LogP contribution is -2.59. The number of aliphatic hydroxyl groups is 1. The van der Waals surface area contributed by atoms with Crippen molar-refractivity contribution in [3.63, 3.8) is 0 Å². The van der Waals surface area contributed by atoms with Gasteiger partial charge in [-0.1, -0.05) is 57.2 Å². The van der Waals surface area contributed by atoms with Gasteiger partial charge in [0, 0.05) is 69.8 Å². The van der Waals surface area contributed by atoms with Gasteiger partial charge in [-0.25, -0.2) is 13.8 Å². The Morgan fingerprint density at radius 1 is 1.01 bits per heavy atom. The number of aryl methyl sites for hydroxylation is 1. The van der Waals surface area contributed by atoms with Crippen LogP contribution in [-0.4, -0.2) is 116 Å². The van der Waals surface area contributed by atoms with Gasteiger partial charge < -0.3 is 41.1 Å². The van der Waals surface area contributed by atoms with Crippen LogP contribution in [0.25, 0.3) is 21.7 Å². The van der Waals surface area contributed by atoms with Crippen molar-refractivity contribution in [1.82, 2.24) is 35.6 Å². The number of aromatic hydroxyl groups is 1. The molecular formula is C49H57F2N9O6S. The number of carbonyl (C=O) groups excluding carboxylic acids is 3. The molecule has 15 nitrogen and oxygen atoms in total. The number of phenols is 1. The number of β-amino-alcohol motifs (C(OH)–C–C–N with tert-alkyl or cyclic N) is 1. The maximum absolute atomic E-state index is 15.7. The number of rotatable bonds is 15. The Hall–Kier alpha value is -6.24. The highest BCUT2D eigenvalue weighted by Crippen LogP contribution is 2.41. The fourth-order valence-electron chi connectivity index (χ4n) is 8.61. The molecule has 2 saturated heterocycles. The number of hydrogen-bond donors (Lipinski definition) is 5. The first-order chi connectivity index (χ1) is 32.0. The number of aliphatic hydroxyl groups excluding tert-OH is 1. The summed E-state index contributed by atoms with van der Waals surface area (Å²) in [5.74, 6) is -1.35. The number of phenolic OH excluding ortho intramolecular Hbond substituents is 1. The molecule has 3 atom stereocenters. The number of alkyl halides is 1. The zero-order valence-electron chi connectivity index (χ0n) is 38.1. The quantitative estimate of drug-likeness (QED) is 0.0878. The van der Waals surface area contributed by atoms with E-state index in [4.69, 9.17) is 10.5 Å². The Labute approximate surface area is 392 Å². The average molecular weight is 938 g/mol. The second kappa shape index (κ2) is 19.5. The monoisotopic (exact) mass is 937 g/mol. The van der Waals surface area contributed by atoms with E-state index in [2.05, 4.69) is 35.6 Å². The molecular weight excluding hydrogens is 881 g/mol. The summed E-state index contributed by atoms with van der Waals surface area (Å²) in [6.07, 6.45) is -0.520. The normalized spacial score (nSPS) is 18.7. The molecule has 0 radical (unpaired) electrons. The van der Waals surface area contributed by atoms with Gasteiger partial charge in [-0.15, -0.1) is 21.5 Å². The smallest absolute Gasteiger partial charge is 0.258 e. The summed E-state index contributed by atoms with van der Waals surface area (Å²) in [5, 5.41) is 34.8. The van der Waals surface area contributed by atoms with Crippen LogP contribution in [0, 0.1) is 18.2 Å². The summed E-state index contributed by atoms with van der Waals surface area (Å²) in [6.45, 7) is 10.6. The molecule has 1 saturated carbocycles. The number of hydrogen-bond acceptors (Lipinski definition) is 13. The van der Waals surface area contributed by atoms with Crippen LogP contribution >= 0.6 is 11.3 Å². The molecule has 8 rings (SSSR count). The number of aromatic nitrogens is 3. The van der Waals surface area contributed by atoms with E-state index in [9.17, 15) is 29.0 Å². The van der Waals surface area contributed by atoms with Gasteiger partial charge in [0.2, 0.25) is 11.8 Å². The molecule has 2 aromatic heterocycles. The summed E-state index contributed by atoms with van der Waals surface area (Å²) < 4.78 is 36.7. The van der Waals surface area contributed by atoms with Crippen molar-refractivity contribution in [1.29, 1.82) is 0 Å². The highest BCUT2D eigenvalue weighted by molar-refractivity contribution is 7.13. The summed E-state index contributed by atoms with van der Waals surface area (Å²) >= 11 is 1.49. The Morgan fingerprint density at radius 3 is 2.45 bits per heavy atom. The van der Waals surface area contributed by atoms with Gasteiger partial charge in [-0.3, -0.25) is 19.3 Å². The topological polar surface area (TPSA) is 199 Å². The third kappa shape index (κ3) is 10.8. The Bertz CT molecular complexity index is 2630. The molecule has 6 N–H and O–H groups in total. The number of anilines is 2. The maximum Gasteiger partial charge on any atom is 0.258 e. The van der Waals surface area contributed by atoms with Crippen LogP contribution in [0.5, 0.6) is 11.5 Å². The molecule has 0 spiro atoms. The fourth-order valence-corrected chi connectivity index (χ4v) is 9.41. The first-order valence-corrected chi connectivity index (χ1v) is 23.4. The Balaban J connectivity index is 0.886. The highest BCUT2D eigenvalue weighted by atomic mass is 32.1. The van der Waals surface area contributed by atoms with Crippen molar-refractivity contribution in [2.75, 3.05) is 50.0 Å².